The number of nitrogens with zero attached hydrogens (tertiary/aromatic N) is 4. The van der Waals surface area contributed by atoms with Gasteiger partial charge in [-0.05, 0) is 68.7 Å². The first-order valence-electron chi connectivity index (χ1n) is 8.58. The van der Waals surface area contributed by atoms with Crippen molar-refractivity contribution in [2.75, 3.05) is 19.6 Å². The zero-order valence-corrected chi connectivity index (χ0v) is 13.6. The van der Waals surface area contributed by atoms with Crippen molar-refractivity contribution in [1.82, 2.24) is 19.5 Å². The van der Waals surface area contributed by atoms with Crippen LogP contribution in [0.3, 0.4) is 0 Å². The number of halogens is 1. The Hall–Kier alpha value is -2.27. The van der Waals surface area contributed by atoms with Gasteiger partial charge in [0.15, 0.2) is 5.82 Å². The SMILES string of the molecule is Fc1ccc(C(CCN2CCCC2)c2ncc3cccn3n2)cc1. The summed E-state index contributed by atoms with van der Waals surface area (Å²) < 4.78 is 15.2. The van der Waals surface area contributed by atoms with Gasteiger partial charge in [-0.15, -0.1) is 0 Å². The zero-order valence-electron chi connectivity index (χ0n) is 13.6. The van der Waals surface area contributed by atoms with Gasteiger partial charge in [0.25, 0.3) is 0 Å². The van der Waals surface area contributed by atoms with Gasteiger partial charge in [-0.3, -0.25) is 0 Å². The minimum atomic E-state index is -0.209. The second-order valence-electron chi connectivity index (χ2n) is 6.44. The third kappa shape index (κ3) is 3.17. The standard InChI is InChI=1S/C19H21FN4/c20-16-7-5-15(6-8-16)18(9-13-23-10-1-2-11-23)19-21-14-17-4-3-12-24(17)22-19/h3-8,12,14,18H,1-2,9-11,13H2. The number of benzene rings is 1. The van der Waals surface area contributed by atoms with Gasteiger partial charge in [0.05, 0.1) is 11.7 Å². The van der Waals surface area contributed by atoms with Gasteiger partial charge in [0.1, 0.15) is 5.82 Å². The highest BCUT2D eigenvalue weighted by molar-refractivity contribution is 5.43. The molecule has 124 valence electrons. The Bertz CT molecular complexity index is 806. The van der Waals surface area contributed by atoms with Crippen LogP contribution < -0.4 is 0 Å². The molecule has 3 heterocycles. The van der Waals surface area contributed by atoms with Gasteiger partial charge in [-0.1, -0.05) is 12.1 Å². The molecule has 5 heteroatoms. The molecule has 0 radical (unpaired) electrons. The van der Waals surface area contributed by atoms with E-state index in [2.05, 4.69) is 15.0 Å². The average Bonchev–Trinajstić information content (AvgIpc) is 3.27. The summed E-state index contributed by atoms with van der Waals surface area (Å²) in [6.45, 7) is 3.37. The molecule has 0 bridgehead atoms. The number of hydrogen-bond acceptors (Lipinski definition) is 3. The van der Waals surface area contributed by atoms with Crippen molar-refractivity contribution in [3.8, 4) is 0 Å². The lowest BCUT2D eigenvalue weighted by Gasteiger charge is -2.20. The molecule has 1 atom stereocenters. The Morgan fingerprint density at radius 2 is 1.88 bits per heavy atom. The average molecular weight is 324 g/mol. The van der Waals surface area contributed by atoms with E-state index in [4.69, 9.17) is 0 Å². The first kappa shape index (κ1) is 15.3. The van der Waals surface area contributed by atoms with Crippen LogP contribution in [-0.2, 0) is 0 Å². The van der Waals surface area contributed by atoms with Crippen molar-refractivity contribution in [3.05, 3.63) is 66.0 Å². The normalized spacial score (nSPS) is 16.7. The van der Waals surface area contributed by atoms with Crippen LogP contribution in [-0.4, -0.2) is 39.1 Å². The fourth-order valence-corrected chi connectivity index (χ4v) is 3.46. The Kier molecular flexibility index (Phi) is 4.26. The van der Waals surface area contributed by atoms with E-state index in [-0.39, 0.29) is 11.7 Å². The number of hydrogen-bond donors (Lipinski definition) is 0. The van der Waals surface area contributed by atoms with E-state index in [9.17, 15) is 4.39 Å². The summed E-state index contributed by atoms with van der Waals surface area (Å²) in [6.07, 6.45) is 7.30. The molecule has 0 spiro atoms. The van der Waals surface area contributed by atoms with E-state index < -0.39 is 0 Å². The summed E-state index contributed by atoms with van der Waals surface area (Å²) in [4.78, 5) is 7.07. The number of fused-ring (bicyclic) bond motifs is 1. The quantitative estimate of drug-likeness (QED) is 0.720. The van der Waals surface area contributed by atoms with E-state index in [1.165, 1.54) is 38.1 Å². The Balaban J connectivity index is 1.63. The Morgan fingerprint density at radius 3 is 2.67 bits per heavy atom. The van der Waals surface area contributed by atoms with Crippen LogP contribution in [0.4, 0.5) is 4.39 Å². The van der Waals surface area contributed by atoms with E-state index in [1.807, 2.05) is 41.2 Å². The van der Waals surface area contributed by atoms with Gasteiger partial charge in [-0.2, -0.15) is 5.10 Å². The van der Waals surface area contributed by atoms with Gasteiger partial charge < -0.3 is 4.90 Å². The predicted molar refractivity (Wildman–Crippen MR) is 91.5 cm³/mol. The van der Waals surface area contributed by atoms with Crippen LogP contribution in [0, 0.1) is 5.82 Å². The highest BCUT2D eigenvalue weighted by Crippen LogP contribution is 2.26. The predicted octanol–water partition coefficient (Wildman–Crippen LogP) is 3.49. The second kappa shape index (κ2) is 6.69. The second-order valence-corrected chi connectivity index (χ2v) is 6.44. The summed E-state index contributed by atoms with van der Waals surface area (Å²) in [7, 11) is 0. The fourth-order valence-electron chi connectivity index (χ4n) is 3.46. The molecule has 1 saturated heterocycles. The van der Waals surface area contributed by atoms with Crippen molar-refractivity contribution in [3.63, 3.8) is 0 Å². The highest BCUT2D eigenvalue weighted by atomic mass is 19.1. The van der Waals surface area contributed by atoms with Crippen LogP contribution in [0.5, 0.6) is 0 Å². The maximum absolute atomic E-state index is 13.3. The van der Waals surface area contributed by atoms with E-state index in [0.717, 1.165) is 29.9 Å². The summed E-state index contributed by atoms with van der Waals surface area (Å²) in [6, 6.07) is 10.7. The minimum Gasteiger partial charge on any atom is -0.303 e. The van der Waals surface area contributed by atoms with Gasteiger partial charge in [-0.25, -0.2) is 13.9 Å². The molecule has 1 aliphatic rings. The lowest BCUT2D eigenvalue weighted by atomic mass is 9.94. The summed E-state index contributed by atoms with van der Waals surface area (Å²) in [5.74, 6) is 0.668. The summed E-state index contributed by atoms with van der Waals surface area (Å²) >= 11 is 0. The molecule has 1 aliphatic heterocycles. The van der Waals surface area contributed by atoms with Crippen molar-refractivity contribution >= 4 is 5.52 Å². The molecule has 0 N–H and O–H groups in total. The van der Waals surface area contributed by atoms with Crippen LogP contribution in [0.2, 0.25) is 0 Å². The minimum absolute atomic E-state index is 0.0815. The Labute approximate surface area is 140 Å². The number of rotatable bonds is 5. The van der Waals surface area contributed by atoms with Crippen molar-refractivity contribution in [1.29, 1.82) is 0 Å². The molecule has 1 aromatic carbocycles. The third-order valence-corrected chi connectivity index (χ3v) is 4.81. The van der Waals surface area contributed by atoms with Crippen molar-refractivity contribution in [2.24, 2.45) is 0 Å². The van der Waals surface area contributed by atoms with Crippen molar-refractivity contribution in [2.45, 2.75) is 25.2 Å². The van der Waals surface area contributed by atoms with Crippen molar-refractivity contribution < 1.29 is 4.39 Å². The van der Waals surface area contributed by atoms with E-state index in [0.29, 0.717) is 0 Å². The molecular weight excluding hydrogens is 303 g/mol. The molecule has 4 rings (SSSR count). The third-order valence-electron chi connectivity index (χ3n) is 4.81. The highest BCUT2D eigenvalue weighted by Gasteiger charge is 2.20. The molecule has 2 aromatic heterocycles. The molecule has 3 aromatic rings. The van der Waals surface area contributed by atoms with Gasteiger partial charge in [0.2, 0.25) is 0 Å². The zero-order chi connectivity index (χ0) is 16.4. The first-order chi connectivity index (χ1) is 11.8. The van der Waals surface area contributed by atoms with Gasteiger partial charge >= 0.3 is 0 Å². The lowest BCUT2D eigenvalue weighted by molar-refractivity contribution is 0.325. The van der Waals surface area contributed by atoms with Gasteiger partial charge in [0, 0.05) is 12.1 Å². The molecular formula is C19H21FN4. The molecule has 4 nitrogen and oxygen atoms in total. The summed E-state index contributed by atoms with van der Waals surface area (Å²) in [5.41, 5.74) is 2.05. The van der Waals surface area contributed by atoms with Crippen LogP contribution >= 0.6 is 0 Å². The van der Waals surface area contributed by atoms with E-state index >= 15 is 0 Å². The number of aromatic nitrogens is 3. The van der Waals surface area contributed by atoms with Crippen LogP contribution in [0.1, 0.15) is 36.6 Å². The number of likely N-dealkylation sites (tertiary alicyclic amines) is 1. The molecule has 1 fully saturated rings. The molecule has 1 unspecified atom stereocenters. The maximum Gasteiger partial charge on any atom is 0.156 e. The van der Waals surface area contributed by atoms with Crippen LogP contribution in [0.15, 0.2) is 48.8 Å². The van der Waals surface area contributed by atoms with E-state index in [1.54, 1.807) is 0 Å². The topological polar surface area (TPSA) is 33.4 Å². The molecule has 0 amide bonds. The fraction of sp³-hybridized carbons (Fsp3) is 0.368. The summed E-state index contributed by atoms with van der Waals surface area (Å²) in [5, 5.41) is 4.67. The smallest absolute Gasteiger partial charge is 0.156 e. The lowest BCUT2D eigenvalue weighted by Crippen LogP contribution is -2.23. The molecule has 0 aliphatic carbocycles. The molecule has 0 saturated carbocycles. The monoisotopic (exact) mass is 324 g/mol. The first-order valence-corrected chi connectivity index (χ1v) is 8.58. The Morgan fingerprint density at radius 1 is 1.08 bits per heavy atom. The largest absolute Gasteiger partial charge is 0.303 e. The molecule has 24 heavy (non-hydrogen) atoms. The van der Waals surface area contributed by atoms with Crippen LogP contribution in [0.25, 0.3) is 5.52 Å². The maximum atomic E-state index is 13.3.